The van der Waals surface area contributed by atoms with E-state index in [2.05, 4.69) is 0 Å². The molecule has 5 heteroatoms. The van der Waals surface area contributed by atoms with E-state index in [1.165, 1.54) is 6.07 Å². The minimum Gasteiger partial charge on any atom is -0.288 e. The standard InChI is InChI=1S/C16H12F4O/c1-9-4-3-5-12(10(9)2)15(21)13-8-11(16(18,19)20)6-7-14(13)17/h3-8H,1-2H3. The number of benzene rings is 2. The molecule has 0 saturated heterocycles. The highest BCUT2D eigenvalue weighted by Crippen LogP contribution is 2.31. The number of rotatable bonds is 2. The molecule has 0 radical (unpaired) electrons. The Morgan fingerprint density at radius 1 is 1.00 bits per heavy atom. The van der Waals surface area contributed by atoms with E-state index in [1.807, 2.05) is 0 Å². The van der Waals surface area contributed by atoms with Gasteiger partial charge in [0.25, 0.3) is 0 Å². The Labute approximate surface area is 119 Å². The zero-order valence-corrected chi connectivity index (χ0v) is 11.4. The van der Waals surface area contributed by atoms with Crippen molar-refractivity contribution in [1.29, 1.82) is 0 Å². The van der Waals surface area contributed by atoms with Gasteiger partial charge in [-0.15, -0.1) is 0 Å². The summed E-state index contributed by atoms with van der Waals surface area (Å²) < 4.78 is 51.8. The van der Waals surface area contributed by atoms with E-state index >= 15 is 0 Å². The van der Waals surface area contributed by atoms with Gasteiger partial charge in [-0.25, -0.2) is 4.39 Å². The highest BCUT2D eigenvalue weighted by molar-refractivity contribution is 6.10. The van der Waals surface area contributed by atoms with E-state index in [0.717, 1.165) is 5.56 Å². The Balaban J connectivity index is 2.56. The summed E-state index contributed by atoms with van der Waals surface area (Å²) in [4.78, 5) is 12.3. The fraction of sp³-hybridized carbons (Fsp3) is 0.188. The molecule has 0 amide bonds. The van der Waals surface area contributed by atoms with E-state index in [4.69, 9.17) is 0 Å². The summed E-state index contributed by atoms with van der Waals surface area (Å²) in [5.74, 6) is -1.71. The van der Waals surface area contributed by atoms with Gasteiger partial charge in [-0.1, -0.05) is 18.2 Å². The number of aryl methyl sites for hydroxylation is 1. The van der Waals surface area contributed by atoms with E-state index in [1.54, 1.807) is 26.0 Å². The molecule has 2 rings (SSSR count). The van der Waals surface area contributed by atoms with Crippen LogP contribution in [0.5, 0.6) is 0 Å². The van der Waals surface area contributed by atoms with Crippen molar-refractivity contribution in [2.45, 2.75) is 20.0 Å². The molecule has 2 aromatic carbocycles. The second-order valence-electron chi connectivity index (χ2n) is 4.77. The van der Waals surface area contributed by atoms with E-state index in [-0.39, 0.29) is 5.56 Å². The first-order chi connectivity index (χ1) is 9.71. The van der Waals surface area contributed by atoms with Crippen LogP contribution in [0, 0.1) is 19.7 Å². The lowest BCUT2D eigenvalue weighted by molar-refractivity contribution is -0.137. The molecule has 0 bridgehead atoms. The monoisotopic (exact) mass is 296 g/mol. The van der Waals surface area contributed by atoms with Crippen LogP contribution in [-0.4, -0.2) is 5.78 Å². The number of carbonyl (C=O) groups is 1. The highest BCUT2D eigenvalue weighted by atomic mass is 19.4. The topological polar surface area (TPSA) is 17.1 Å². The zero-order chi connectivity index (χ0) is 15.8. The second-order valence-corrected chi connectivity index (χ2v) is 4.77. The van der Waals surface area contributed by atoms with E-state index < -0.39 is 28.9 Å². The quantitative estimate of drug-likeness (QED) is 0.580. The third kappa shape index (κ3) is 2.96. The molecular formula is C16H12F4O. The van der Waals surface area contributed by atoms with Crippen molar-refractivity contribution in [3.8, 4) is 0 Å². The van der Waals surface area contributed by atoms with Gasteiger partial charge in [0.2, 0.25) is 0 Å². The summed E-state index contributed by atoms with van der Waals surface area (Å²) in [7, 11) is 0. The van der Waals surface area contributed by atoms with Crippen molar-refractivity contribution in [2.24, 2.45) is 0 Å². The molecule has 0 aliphatic rings. The minimum atomic E-state index is -4.62. The van der Waals surface area contributed by atoms with Crippen LogP contribution in [-0.2, 0) is 6.18 Å². The zero-order valence-electron chi connectivity index (χ0n) is 11.4. The molecule has 0 spiro atoms. The predicted octanol–water partition coefficient (Wildman–Crippen LogP) is 4.69. The second kappa shape index (κ2) is 5.31. The molecule has 110 valence electrons. The summed E-state index contributed by atoms with van der Waals surface area (Å²) in [6.07, 6.45) is -4.62. The van der Waals surface area contributed by atoms with Gasteiger partial charge >= 0.3 is 6.18 Å². The Morgan fingerprint density at radius 2 is 1.67 bits per heavy atom. The average molecular weight is 296 g/mol. The fourth-order valence-corrected chi connectivity index (χ4v) is 2.02. The molecule has 0 atom stereocenters. The van der Waals surface area contributed by atoms with Gasteiger partial charge in [0.05, 0.1) is 11.1 Å². The average Bonchev–Trinajstić information content (AvgIpc) is 2.40. The van der Waals surface area contributed by atoms with Crippen molar-refractivity contribution in [2.75, 3.05) is 0 Å². The van der Waals surface area contributed by atoms with Crippen molar-refractivity contribution < 1.29 is 22.4 Å². The van der Waals surface area contributed by atoms with E-state index in [9.17, 15) is 22.4 Å². The number of carbonyl (C=O) groups excluding carboxylic acids is 1. The Morgan fingerprint density at radius 3 is 2.29 bits per heavy atom. The number of hydrogen-bond donors (Lipinski definition) is 0. The van der Waals surface area contributed by atoms with Crippen LogP contribution in [0.4, 0.5) is 17.6 Å². The molecule has 0 unspecified atom stereocenters. The molecule has 0 aromatic heterocycles. The maximum Gasteiger partial charge on any atom is 0.416 e. The normalized spacial score (nSPS) is 11.5. The fourth-order valence-electron chi connectivity index (χ4n) is 2.02. The summed E-state index contributed by atoms with van der Waals surface area (Å²) in [6.45, 7) is 3.45. The summed E-state index contributed by atoms with van der Waals surface area (Å²) >= 11 is 0. The van der Waals surface area contributed by atoms with Gasteiger partial charge in [-0.2, -0.15) is 13.2 Å². The SMILES string of the molecule is Cc1cccc(C(=O)c2cc(C(F)(F)F)ccc2F)c1C. The maximum atomic E-state index is 13.7. The van der Waals surface area contributed by atoms with Gasteiger partial charge in [0, 0.05) is 5.56 Å². The lowest BCUT2D eigenvalue weighted by Crippen LogP contribution is -2.11. The molecule has 2 aromatic rings. The summed E-state index contributed by atoms with van der Waals surface area (Å²) in [5, 5.41) is 0. The third-order valence-corrected chi connectivity index (χ3v) is 3.39. The molecule has 0 N–H and O–H groups in total. The van der Waals surface area contributed by atoms with Gasteiger partial charge in [0.1, 0.15) is 5.82 Å². The van der Waals surface area contributed by atoms with Crippen LogP contribution in [0.1, 0.15) is 32.6 Å². The Hall–Kier alpha value is -2.17. The Kier molecular flexibility index (Phi) is 3.85. The van der Waals surface area contributed by atoms with Crippen molar-refractivity contribution in [3.63, 3.8) is 0 Å². The predicted molar refractivity (Wildman–Crippen MR) is 70.8 cm³/mol. The maximum absolute atomic E-state index is 13.7. The van der Waals surface area contributed by atoms with Crippen LogP contribution in [0.3, 0.4) is 0 Å². The first-order valence-corrected chi connectivity index (χ1v) is 6.19. The summed E-state index contributed by atoms with van der Waals surface area (Å²) in [5.41, 5.74) is 0.0249. The van der Waals surface area contributed by atoms with Gasteiger partial charge < -0.3 is 0 Å². The largest absolute Gasteiger partial charge is 0.416 e. The minimum absolute atomic E-state index is 0.202. The van der Waals surface area contributed by atoms with Crippen LogP contribution < -0.4 is 0 Å². The van der Waals surface area contributed by atoms with Gasteiger partial charge in [-0.05, 0) is 43.2 Å². The number of hydrogen-bond acceptors (Lipinski definition) is 1. The first-order valence-electron chi connectivity index (χ1n) is 6.19. The van der Waals surface area contributed by atoms with Gasteiger partial charge in [0.15, 0.2) is 5.78 Å². The van der Waals surface area contributed by atoms with Crippen LogP contribution in [0.15, 0.2) is 36.4 Å². The van der Waals surface area contributed by atoms with Crippen molar-refractivity contribution in [3.05, 3.63) is 70.0 Å². The third-order valence-electron chi connectivity index (χ3n) is 3.39. The lowest BCUT2D eigenvalue weighted by Gasteiger charge is -2.11. The number of alkyl halides is 3. The molecule has 0 fully saturated rings. The molecule has 21 heavy (non-hydrogen) atoms. The molecule has 1 nitrogen and oxygen atoms in total. The molecular weight excluding hydrogens is 284 g/mol. The van der Waals surface area contributed by atoms with Gasteiger partial charge in [-0.3, -0.25) is 4.79 Å². The molecule has 0 aliphatic carbocycles. The smallest absolute Gasteiger partial charge is 0.288 e. The van der Waals surface area contributed by atoms with Crippen molar-refractivity contribution in [1.82, 2.24) is 0 Å². The first kappa shape index (κ1) is 15.2. The van der Waals surface area contributed by atoms with E-state index in [0.29, 0.717) is 23.8 Å². The molecule has 0 saturated carbocycles. The number of ketones is 1. The number of halogens is 4. The summed E-state index contributed by atoms with van der Waals surface area (Å²) in [6, 6.07) is 6.70. The van der Waals surface area contributed by atoms with Crippen LogP contribution >= 0.6 is 0 Å². The Bertz CT molecular complexity index is 702. The molecule has 0 heterocycles. The van der Waals surface area contributed by atoms with Crippen LogP contribution in [0.2, 0.25) is 0 Å². The highest BCUT2D eigenvalue weighted by Gasteiger charge is 2.32. The molecule has 0 aliphatic heterocycles. The van der Waals surface area contributed by atoms with Crippen molar-refractivity contribution >= 4 is 5.78 Å². The lowest BCUT2D eigenvalue weighted by atomic mass is 9.95. The van der Waals surface area contributed by atoms with Crippen LogP contribution in [0.25, 0.3) is 0 Å².